The molecular formula is C15H10N2S. The van der Waals surface area contributed by atoms with Crippen LogP contribution in [0.5, 0.6) is 0 Å². The lowest BCUT2D eigenvalue weighted by Gasteiger charge is -2.04. The first-order valence-electron chi connectivity index (χ1n) is 5.60. The molecule has 3 rings (SSSR count). The molecule has 0 aliphatic heterocycles. The van der Waals surface area contributed by atoms with Crippen LogP contribution < -0.4 is 5.32 Å². The van der Waals surface area contributed by atoms with Gasteiger partial charge >= 0.3 is 0 Å². The monoisotopic (exact) mass is 250 g/mol. The Morgan fingerprint density at radius 2 is 1.78 bits per heavy atom. The van der Waals surface area contributed by atoms with E-state index in [0.717, 1.165) is 11.4 Å². The molecule has 0 bridgehead atoms. The van der Waals surface area contributed by atoms with Crippen LogP contribution in [0.3, 0.4) is 0 Å². The van der Waals surface area contributed by atoms with Crippen LogP contribution in [0.2, 0.25) is 0 Å². The molecule has 0 radical (unpaired) electrons. The second-order valence-corrected chi connectivity index (χ2v) is 4.87. The van der Waals surface area contributed by atoms with E-state index in [-0.39, 0.29) is 0 Å². The lowest BCUT2D eigenvalue weighted by Crippen LogP contribution is -1.88. The van der Waals surface area contributed by atoms with Crippen LogP contribution >= 0.6 is 11.3 Å². The second kappa shape index (κ2) is 4.52. The average molecular weight is 250 g/mol. The van der Waals surface area contributed by atoms with Crippen LogP contribution in [0, 0.1) is 11.3 Å². The molecule has 3 aromatic rings. The van der Waals surface area contributed by atoms with E-state index < -0.39 is 0 Å². The van der Waals surface area contributed by atoms with E-state index in [1.165, 1.54) is 10.1 Å². The molecule has 0 amide bonds. The molecule has 0 aliphatic rings. The number of benzene rings is 2. The Balaban J connectivity index is 1.94. The molecule has 0 atom stereocenters. The van der Waals surface area contributed by atoms with Gasteiger partial charge in [-0.1, -0.05) is 18.2 Å². The molecule has 3 heteroatoms. The lowest BCUT2D eigenvalue weighted by atomic mass is 10.2. The Kier molecular flexibility index (Phi) is 2.71. The topological polar surface area (TPSA) is 35.8 Å². The summed E-state index contributed by atoms with van der Waals surface area (Å²) >= 11 is 1.73. The van der Waals surface area contributed by atoms with Crippen LogP contribution in [0.4, 0.5) is 11.4 Å². The molecule has 1 N–H and O–H groups in total. The second-order valence-electron chi connectivity index (χ2n) is 3.96. The molecule has 0 fully saturated rings. The molecule has 86 valence electrons. The van der Waals surface area contributed by atoms with Crippen LogP contribution in [0.1, 0.15) is 5.56 Å². The maximum absolute atomic E-state index is 8.76. The molecule has 0 unspecified atom stereocenters. The van der Waals surface area contributed by atoms with Crippen molar-refractivity contribution in [3.05, 3.63) is 59.5 Å². The Hall–Kier alpha value is -2.31. The smallest absolute Gasteiger partial charge is 0.0991 e. The minimum Gasteiger partial charge on any atom is -0.354 e. The molecule has 0 saturated heterocycles. The Labute approximate surface area is 109 Å². The van der Waals surface area contributed by atoms with Crippen molar-refractivity contribution < 1.29 is 0 Å². The van der Waals surface area contributed by atoms with Crippen molar-refractivity contribution in [2.75, 3.05) is 5.32 Å². The van der Waals surface area contributed by atoms with Crippen LogP contribution in [0.25, 0.3) is 10.1 Å². The molecule has 0 aliphatic carbocycles. The summed E-state index contributed by atoms with van der Waals surface area (Å²) in [6, 6.07) is 17.9. The van der Waals surface area contributed by atoms with Gasteiger partial charge in [0.1, 0.15) is 0 Å². The van der Waals surface area contributed by atoms with Crippen molar-refractivity contribution in [1.82, 2.24) is 0 Å². The highest BCUT2D eigenvalue weighted by Crippen LogP contribution is 2.31. The largest absolute Gasteiger partial charge is 0.354 e. The van der Waals surface area contributed by atoms with Crippen molar-refractivity contribution in [3.63, 3.8) is 0 Å². The SMILES string of the molecule is N#Cc1ccc(Nc2csc3ccccc23)cc1. The Morgan fingerprint density at radius 3 is 2.56 bits per heavy atom. The van der Waals surface area contributed by atoms with Gasteiger partial charge in [0.05, 0.1) is 17.3 Å². The van der Waals surface area contributed by atoms with Gasteiger partial charge in [0.15, 0.2) is 0 Å². The maximum atomic E-state index is 8.76. The van der Waals surface area contributed by atoms with Crippen molar-refractivity contribution in [2.24, 2.45) is 0 Å². The van der Waals surface area contributed by atoms with Crippen molar-refractivity contribution in [1.29, 1.82) is 5.26 Å². The van der Waals surface area contributed by atoms with Gasteiger partial charge in [0, 0.05) is 21.2 Å². The van der Waals surface area contributed by atoms with Gasteiger partial charge in [-0.2, -0.15) is 5.26 Å². The zero-order chi connectivity index (χ0) is 12.4. The van der Waals surface area contributed by atoms with Crippen molar-refractivity contribution >= 4 is 32.8 Å². The summed E-state index contributed by atoms with van der Waals surface area (Å²) in [4.78, 5) is 0. The van der Waals surface area contributed by atoms with Crippen molar-refractivity contribution in [2.45, 2.75) is 0 Å². The van der Waals surface area contributed by atoms with Gasteiger partial charge in [-0.05, 0) is 30.3 Å². The predicted octanol–water partition coefficient (Wildman–Crippen LogP) is 4.52. The zero-order valence-electron chi connectivity index (χ0n) is 9.55. The maximum Gasteiger partial charge on any atom is 0.0991 e. The number of nitrogens with one attached hydrogen (secondary N) is 1. The minimum absolute atomic E-state index is 0.677. The summed E-state index contributed by atoms with van der Waals surface area (Å²) in [5.74, 6) is 0. The molecule has 0 saturated carbocycles. The highest BCUT2D eigenvalue weighted by atomic mass is 32.1. The number of nitrogens with zero attached hydrogens (tertiary/aromatic N) is 1. The number of thiophene rings is 1. The standard InChI is InChI=1S/C15H10N2S/c16-9-11-5-7-12(8-6-11)17-14-10-18-15-4-2-1-3-13(14)15/h1-8,10,17H. The van der Waals surface area contributed by atoms with Gasteiger partial charge in [-0.25, -0.2) is 0 Å². The molecule has 1 heterocycles. The number of rotatable bonds is 2. The van der Waals surface area contributed by atoms with E-state index >= 15 is 0 Å². The summed E-state index contributed by atoms with van der Waals surface area (Å²) in [7, 11) is 0. The zero-order valence-corrected chi connectivity index (χ0v) is 10.4. The minimum atomic E-state index is 0.677. The normalized spacial score (nSPS) is 10.2. The summed E-state index contributed by atoms with van der Waals surface area (Å²) in [5.41, 5.74) is 2.79. The first-order chi connectivity index (χ1) is 8.86. The fourth-order valence-electron chi connectivity index (χ4n) is 1.86. The van der Waals surface area contributed by atoms with Gasteiger partial charge in [0.25, 0.3) is 0 Å². The Bertz CT molecular complexity index is 720. The number of fused-ring (bicyclic) bond motifs is 1. The highest BCUT2D eigenvalue weighted by Gasteiger charge is 2.03. The van der Waals surface area contributed by atoms with Crippen LogP contribution in [-0.4, -0.2) is 0 Å². The summed E-state index contributed by atoms with van der Waals surface area (Å²) < 4.78 is 1.27. The average Bonchev–Trinajstić information content (AvgIpc) is 2.83. The quantitative estimate of drug-likeness (QED) is 0.726. The summed E-state index contributed by atoms with van der Waals surface area (Å²) in [5, 5.41) is 15.5. The first kappa shape index (κ1) is 10.8. The summed E-state index contributed by atoms with van der Waals surface area (Å²) in [6.45, 7) is 0. The molecule has 2 nitrogen and oxygen atoms in total. The molecule has 0 spiro atoms. The van der Waals surface area contributed by atoms with Crippen molar-refractivity contribution in [3.8, 4) is 6.07 Å². The highest BCUT2D eigenvalue weighted by molar-refractivity contribution is 7.17. The van der Waals surface area contributed by atoms with E-state index in [9.17, 15) is 0 Å². The number of anilines is 2. The number of nitriles is 1. The van der Waals surface area contributed by atoms with Crippen LogP contribution in [-0.2, 0) is 0 Å². The predicted molar refractivity (Wildman–Crippen MR) is 76.3 cm³/mol. The fourth-order valence-corrected chi connectivity index (χ4v) is 2.75. The van der Waals surface area contributed by atoms with E-state index in [0.29, 0.717) is 5.56 Å². The number of hydrogen-bond acceptors (Lipinski definition) is 3. The fraction of sp³-hybridized carbons (Fsp3) is 0. The van der Waals surface area contributed by atoms with Gasteiger partial charge < -0.3 is 5.32 Å². The first-order valence-corrected chi connectivity index (χ1v) is 6.48. The Morgan fingerprint density at radius 1 is 1.00 bits per heavy atom. The molecule has 2 aromatic carbocycles. The third-order valence-corrected chi connectivity index (χ3v) is 3.74. The molecule has 18 heavy (non-hydrogen) atoms. The lowest BCUT2D eigenvalue weighted by molar-refractivity contribution is 1.48. The van der Waals surface area contributed by atoms with E-state index in [1.54, 1.807) is 11.3 Å². The van der Waals surface area contributed by atoms with E-state index in [1.807, 2.05) is 36.4 Å². The van der Waals surface area contributed by atoms with Crippen LogP contribution in [0.15, 0.2) is 53.9 Å². The molecule has 1 aromatic heterocycles. The van der Waals surface area contributed by atoms with E-state index in [2.05, 4.69) is 28.9 Å². The van der Waals surface area contributed by atoms with Gasteiger partial charge in [-0.3, -0.25) is 0 Å². The number of hydrogen-bond donors (Lipinski definition) is 1. The van der Waals surface area contributed by atoms with Gasteiger partial charge in [0.2, 0.25) is 0 Å². The molecular weight excluding hydrogens is 240 g/mol. The van der Waals surface area contributed by atoms with Gasteiger partial charge in [-0.15, -0.1) is 11.3 Å². The third-order valence-electron chi connectivity index (χ3n) is 2.77. The third kappa shape index (κ3) is 1.94. The summed E-state index contributed by atoms with van der Waals surface area (Å²) in [6.07, 6.45) is 0. The van der Waals surface area contributed by atoms with E-state index in [4.69, 9.17) is 5.26 Å².